The maximum absolute atomic E-state index is 11.1. The van der Waals surface area contributed by atoms with E-state index in [9.17, 15) is 4.79 Å². The van der Waals surface area contributed by atoms with Gasteiger partial charge >= 0.3 is 5.97 Å². The van der Waals surface area contributed by atoms with Crippen molar-refractivity contribution in [1.29, 1.82) is 0 Å². The third kappa shape index (κ3) is 3.28. The molecule has 1 unspecified atom stereocenters. The van der Waals surface area contributed by atoms with Gasteiger partial charge in [0.15, 0.2) is 11.5 Å². The molecule has 1 heterocycles. The number of hydrogen-bond donors (Lipinski definition) is 0. The number of fused-ring (bicyclic) bond motifs is 1. The number of benzene rings is 1. The topological polar surface area (TPSA) is 44.8 Å². The van der Waals surface area contributed by atoms with E-state index >= 15 is 0 Å². The molecule has 19 heavy (non-hydrogen) atoms. The maximum Gasteiger partial charge on any atom is 0.310 e. The highest BCUT2D eigenvalue weighted by atomic mass is 16.7. The van der Waals surface area contributed by atoms with Gasteiger partial charge in [-0.15, -0.1) is 0 Å². The summed E-state index contributed by atoms with van der Waals surface area (Å²) in [5.74, 6) is 1.52. The summed E-state index contributed by atoms with van der Waals surface area (Å²) in [5.41, 5.74) is 1.12. The van der Waals surface area contributed by atoms with E-state index in [1.807, 2.05) is 24.3 Å². The molecular weight excluding hydrogens is 244 g/mol. The first-order chi connectivity index (χ1) is 9.24. The van der Waals surface area contributed by atoms with Crippen LogP contribution in [-0.2, 0) is 9.53 Å². The van der Waals surface area contributed by atoms with Crippen molar-refractivity contribution in [3.8, 4) is 11.5 Å². The van der Waals surface area contributed by atoms with Gasteiger partial charge in [-0.2, -0.15) is 0 Å². The van der Waals surface area contributed by atoms with E-state index in [0.717, 1.165) is 23.5 Å². The molecule has 0 N–H and O–H groups in total. The zero-order valence-corrected chi connectivity index (χ0v) is 11.2. The van der Waals surface area contributed by atoms with Crippen molar-refractivity contribution in [3.05, 3.63) is 36.1 Å². The predicted octanol–water partition coefficient (Wildman–Crippen LogP) is 3.38. The number of ether oxygens (including phenoxy) is 3. The lowest BCUT2D eigenvalue weighted by molar-refractivity contribution is -0.137. The smallest absolute Gasteiger partial charge is 0.310 e. The quantitative estimate of drug-likeness (QED) is 0.603. The summed E-state index contributed by atoms with van der Waals surface area (Å²) in [7, 11) is 0. The molecule has 0 aliphatic carbocycles. The van der Waals surface area contributed by atoms with Gasteiger partial charge in [0, 0.05) is 12.3 Å². The molecule has 0 aromatic heterocycles. The minimum atomic E-state index is -0.225. The Bertz CT molecular complexity index is 479. The van der Waals surface area contributed by atoms with E-state index in [4.69, 9.17) is 14.2 Å². The second-order valence-electron chi connectivity index (χ2n) is 4.30. The summed E-state index contributed by atoms with van der Waals surface area (Å²) in [6.45, 7) is 4.13. The Kier molecular flexibility index (Phi) is 4.44. The van der Waals surface area contributed by atoms with Crippen LogP contribution < -0.4 is 9.47 Å². The van der Waals surface area contributed by atoms with Crippen LogP contribution >= 0.6 is 0 Å². The lowest BCUT2D eigenvalue weighted by Gasteiger charge is -2.11. The zero-order valence-electron chi connectivity index (χ0n) is 11.2. The number of esters is 1. The highest BCUT2D eigenvalue weighted by Crippen LogP contribution is 2.35. The highest BCUT2D eigenvalue weighted by Gasteiger charge is 2.15. The molecule has 0 amide bonds. The molecule has 0 spiro atoms. The zero-order chi connectivity index (χ0) is 13.7. The standard InChI is InChI=1S/C15H18O4/c1-3-11(7-8-17-15(16)4-2)12-5-6-13-14(9-12)19-10-18-13/h5-9,11H,3-4,10H2,1-2H3/b8-7+. The fourth-order valence-corrected chi connectivity index (χ4v) is 1.92. The molecule has 4 nitrogen and oxygen atoms in total. The minimum absolute atomic E-state index is 0.194. The van der Waals surface area contributed by atoms with Crippen LogP contribution in [0.4, 0.5) is 0 Å². The van der Waals surface area contributed by atoms with E-state index in [2.05, 4.69) is 6.92 Å². The molecule has 1 aliphatic rings. The monoisotopic (exact) mass is 262 g/mol. The Hall–Kier alpha value is -1.97. The van der Waals surface area contributed by atoms with E-state index in [1.165, 1.54) is 6.26 Å². The first kappa shape index (κ1) is 13.5. The van der Waals surface area contributed by atoms with Gasteiger partial charge in [0.25, 0.3) is 0 Å². The Morgan fingerprint density at radius 1 is 1.37 bits per heavy atom. The lowest BCUT2D eigenvalue weighted by Crippen LogP contribution is -1.98. The minimum Gasteiger partial charge on any atom is -0.454 e. The third-order valence-corrected chi connectivity index (χ3v) is 3.06. The van der Waals surface area contributed by atoms with Gasteiger partial charge in [-0.3, -0.25) is 4.79 Å². The van der Waals surface area contributed by atoms with Crippen molar-refractivity contribution in [2.75, 3.05) is 6.79 Å². The Morgan fingerprint density at radius 3 is 2.89 bits per heavy atom. The van der Waals surface area contributed by atoms with Crippen LogP contribution in [0.25, 0.3) is 0 Å². The third-order valence-electron chi connectivity index (χ3n) is 3.06. The summed E-state index contributed by atoms with van der Waals surface area (Å²) in [6.07, 6.45) is 4.67. The summed E-state index contributed by atoms with van der Waals surface area (Å²) in [5, 5.41) is 0. The number of carbonyl (C=O) groups is 1. The van der Waals surface area contributed by atoms with E-state index in [1.54, 1.807) is 6.92 Å². The molecule has 2 rings (SSSR count). The Morgan fingerprint density at radius 2 is 2.16 bits per heavy atom. The van der Waals surface area contributed by atoms with Crippen LogP contribution in [0.3, 0.4) is 0 Å². The van der Waals surface area contributed by atoms with E-state index < -0.39 is 0 Å². The van der Waals surface area contributed by atoms with E-state index in [-0.39, 0.29) is 18.7 Å². The van der Waals surface area contributed by atoms with Gasteiger partial charge in [0.1, 0.15) is 0 Å². The van der Waals surface area contributed by atoms with Crippen LogP contribution in [0.15, 0.2) is 30.5 Å². The van der Waals surface area contributed by atoms with E-state index in [0.29, 0.717) is 6.42 Å². The highest BCUT2D eigenvalue weighted by molar-refractivity contribution is 5.69. The predicted molar refractivity (Wildman–Crippen MR) is 71.1 cm³/mol. The van der Waals surface area contributed by atoms with Crippen molar-refractivity contribution < 1.29 is 19.0 Å². The largest absolute Gasteiger partial charge is 0.454 e. The van der Waals surface area contributed by atoms with Gasteiger partial charge in [-0.05, 0) is 30.2 Å². The summed E-state index contributed by atoms with van der Waals surface area (Å²) in [4.78, 5) is 11.1. The molecule has 1 atom stereocenters. The molecule has 0 saturated heterocycles. The van der Waals surface area contributed by atoms with Crippen molar-refractivity contribution in [2.45, 2.75) is 32.6 Å². The fourth-order valence-electron chi connectivity index (χ4n) is 1.92. The molecule has 102 valence electrons. The number of hydrogen-bond acceptors (Lipinski definition) is 4. The van der Waals surface area contributed by atoms with Crippen molar-refractivity contribution in [2.24, 2.45) is 0 Å². The van der Waals surface area contributed by atoms with Gasteiger partial charge in [-0.25, -0.2) is 0 Å². The first-order valence-electron chi connectivity index (χ1n) is 6.50. The number of rotatable bonds is 5. The second kappa shape index (κ2) is 6.27. The molecule has 4 heteroatoms. The van der Waals surface area contributed by atoms with Crippen LogP contribution in [0, 0.1) is 0 Å². The van der Waals surface area contributed by atoms with Gasteiger partial charge in [0.2, 0.25) is 6.79 Å². The molecule has 1 aromatic rings. The van der Waals surface area contributed by atoms with Crippen molar-refractivity contribution in [3.63, 3.8) is 0 Å². The fraction of sp³-hybridized carbons (Fsp3) is 0.400. The van der Waals surface area contributed by atoms with Gasteiger partial charge in [0.05, 0.1) is 6.26 Å². The normalized spacial score (nSPS) is 14.6. The molecule has 0 bridgehead atoms. The molecular formula is C15H18O4. The molecule has 0 saturated carbocycles. The van der Waals surface area contributed by atoms with Crippen LogP contribution in [0.5, 0.6) is 11.5 Å². The number of allylic oxidation sites excluding steroid dienone is 1. The van der Waals surface area contributed by atoms with Gasteiger partial charge < -0.3 is 14.2 Å². The van der Waals surface area contributed by atoms with Gasteiger partial charge in [-0.1, -0.05) is 19.9 Å². The summed E-state index contributed by atoms with van der Waals surface area (Å²) < 4.78 is 15.6. The van der Waals surface area contributed by atoms with Crippen LogP contribution in [-0.4, -0.2) is 12.8 Å². The lowest BCUT2D eigenvalue weighted by atomic mass is 9.96. The second-order valence-corrected chi connectivity index (χ2v) is 4.30. The van der Waals surface area contributed by atoms with Crippen molar-refractivity contribution in [1.82, 2.24) is 0 Å². The molecule has 0 fully saturated rings. The summed E-state index contributed by atoms with van der Waals surface area (Å²) in [6, 6.07) is 5.89. The Labute approximate surface area is 113 Å². The average Bonchev–Trinajstić information content (AvgIpc) is 2.90. The molecule has 0 radical (unpaired) electrons. The molecule has 1 aromatic carbocycles. The Balaban J connectivity index is 2.07. The number of carbonyl (C=O) groups excluding carboxylic acids is 1. The first-order valence-corrected chi connectivity index (χ1v) is 6.50. The van der Waals surface area contributed by atoms with Crippen molar-refractivity contribution >= 4 is 5.97 Å². The van der Waals surface area contributed by atoms with Crippen LogP contribution in [0.1, 0.15) is 38.2 Å². The summed E-state index contributed by atoms with van der Waals surface area (Å²) >= 11 is 0. The average molecular weight is 262 g/mol. The van der Waals surface area contributed by atoms with Crippen LogP contribution in [0.2, 0.25) is 0 Å². The SMILES string of the molecule is CCC(=O)O/C=C/C(CC)c1ccc2c(c1)OCO2. The maximum atomic E-state index is 11.1. The molecule has 1 aliphatic heterocycles.